The monoisotopic (exact) mass is 416 g/mol. The predicted octanol–water partition coefficient (Wildman–Crippen LogP) is 7.96. The van der Waals surface area contributed by atoms with Crippen LogP contribution in [0.25, 0.3) is 0 Å². The summed E-state index contributed by atoms with van der Waals surface area (Å²) in [4.78, 5) is 0. The standard InChI is InChI=1S/C15H8F8O.2C2H6/c16-10-3-7-12(8-4-10)24-11-5-1-9(2-6-11)13(17,14(18,19)20)15(21,22)23;2*1-2/h1-8H;2*1-2H3. The smallest absolute Gasteiger partial charge is 0.435 e. The molecule has 158 valence electrons. The third-order valence-corrected chi connectivity index (χ3v) is 3.08. The molecule has 0 amide bonds. The van der Waals surface area contributed by atoms with E-state index in [0.29, 0.717) is 12.1 Å². The minimum atomic E-state index is -6.18. The first-order chi connectivity index (χ1) is 12.9. The van der Waals surface area contributed by atoms with Crippen LogP contribution < -0.4 is 4.74 Å². The van der Waals surface area contributed by atoms with Gasteiger partial charge in [0.05, 0.1) is 0 Å². The molecule has 2 aromatic rings. The number of benzene rings is 2. The van der Waals surface area contributed by atoms with Crippen molar-refractivity contribution in [2.24, 2.45) is 0 Å². The van der Waals surface area contributed by atoms with Gasteiger partial charge in [0.25, 0.3) is 0 Å². The van der Waals surface area contributed by atoms with Gasteiger partial charge in [0, 0.05) is 5.56 Å². The molecule has 0 spiro atoms. The molecule has 0 aliphatic carbocycles. The van der Waals surface area contributed by atoms with Crippen LogP contribution in [0.5, 0.6) is 11.5 Å². The summed E-state index contributed by atoms with van der Waals surface area (Å²) >= 11 is 0. The minimum Gasteiger partial charge on any atom is -0.457 e. The van der Waals surface area contributed by atoms with Crippen LogP contribution in [0.3, 0.4) is 0 Å². The average Bonchev–Trinajstić information content (AvgIpc) is 2.65. The Morgan fingerprint density at radius 3 is 1.21 bits per heavy atom. The summed E-state index contributed by atoms with van der Waals surface area (Å²) in [6, 6.07) is 6.67. The Morgan fingerprint density at radius 2 is 0.893 bits per heavy atom. The molecular weight excluding hydrogens is 396 g/mol. The number of rotatable bonds is 3. The molecular formula is C19H20F8O. The number of ether oxygens (including phenoxy) is 1. The molecule has 0 aromatic heterocycles. The lowest BCUT2D eigenvalue weighted by Crippen LogP contribution is -2.50. The van der Waals surface area contributed by atoms with Crippen molar-refractivity contribution in [1.82, 2.24) is 0 Å². The zero-order valence-electron chi connectivity index (χ0n) is 15.6. The second-order valence-electron chi connectivity index (χ2n) is 4.73. The Morgan fingerprint density at radius 1 is 0.571 bits per heavy atom. The van der Waals surface area contributed by atoms with E-state index in [2.05, 4.69) is 0 Å². The number of alkyl halides is 7. The van der Waals surface area contributed by atoms with Gasteiger partial charge >= 0.3 is 18.0 Å². The molecule has 0 atom stereocenters. The van der Waals surface area contributed by atoms with Gasteiger partial charge in [-0.25, -0.2) is 8.78 Å². The highest BCUT2D eigenvalue weighted by Crippen LogP contribution is 2.53. The first-order valence-electron chi connectivity index (χ1n) is 8.31. The van der Waals surface area contributed by atoms with E-state index in [4.69, 9.17) is 4.74 Å². The zero-order chi connectivity index (χ0) is 22.2. The van der Waals surface area contributed by atoms with Crippen molar-refractivity contribution in [3.63, 3.8) is 0 Å². The second kappa shape index (κ2) is 10.3. The summed E-state index contributed by atoms with van der Waals surface area (Å²) in [7, 11) is 0. The van der Waals surface area contributed by atoms with Crippen LogP contribution in [0.2, 0.25) is 0 Å². The van der Waals surface area contributed by atoms with Gasteiger partial charge in [0.15, 0.2) is 0 Å². The third kappa shape index (κ3) is 5.84. The average molecular weight is 416 g/mol. The maximum atomic E-state index is 13.8. The van der Waals surface area contributed by atoms with Gasteiger partial charge in [-0.15, -0.1) is 0 Å². The van der Waals surface area contributed by atoms with E-state index in [-0.39, 0.29) is 11.5 Å². The maximum absolute atomic E-state index is 13.8. The Hall–Kier alpha value is -2.32. The highest BCUT2D eigenvalue weighted by Gasteiger charge is 2.73. The van der Waals surface area contributed by atoms with E-state index < -0.39 is 29.4 Å². The van der Waals surface area contributed by atoms with Gasteiger partial charge in [0.1, 0.15) is 17.3 Å². The lowest BCUT2D eigenvalue weighted by molar-refractivity contribution is -0.348. The molecule has 2 rings (SSSR count). The molecule has 9 heteroatoms. The Kier molecular flexibility index (Phi) is 9.43. The molecule has 1 nitrogen and oxygen atoms in total. The van der Waals surface area contributed by atoms with Crippen molar-refractivity contribution in [3.05, 3.63) is 59.9 Å². The number of halogens is 8. The Labute approximate surface area is 157 Å². The lowest BCUT2D eigenvalue weighted by Gasteiger charge is -2.30. The highest BCUT2D eigenvalue weighted by atomic mass is 19.4. The van der Waals surface area contributed by atoms with Crippen molar-refractivity contribution >= 4 is 0 Å². The van der Waals surface area contributed by atoms with E-state index >= 15 is 0 Å². The minimum absolute atomic E-state index is 0.0994. The van der Waals surface area contributed by atoms with Crippen LogP contribution in [-0.4, -0.2) is 12.4 Å². The summed E-state index contributed by atoms with van der Waals surface area (Å²) < 4.78 is 107. The molecule has 0 saturated carbocycles. The third-order valence-electron chi connectivity index (χ3n) is 3.08. The predicted molar refractivity (Wildman–Crippen MR) is 90.5 cm³/mol. The van der Waals surface area contributed by atoms with Crippen molar-refractivity contribution in [2.45, 2.75) is 45.7 Å². The quantitative estimate of drug-likeness (QED) is 0.461. The Bertz CT molecular complexity index is 674. The first-order valence-corrected chi connectivity index (χ1v) is 8.31. The van der Waals surface area contributed by atoms with Gasteiger partial charge in [-0.1, -0.05) is 39.8 Å². The first kappa shape index (κ1) is 25.7. The van der Waals surface area contributed by atoms with E-state index in [1.807, 2.05) is 27.7 Å². The van der Waals surface area contributed by atoms with Crippen molar-refractivity contribution < 1.29 is 39.9 Å². The van der Waals surface area contributed by atoms with Gasteiger partial charge in [-0.2, -0.15) is 26.3 Å². The zero-order valence-corrected chi connectivity index (χ0v) is 15.6. The van der Waals surface area contributed by atoms with Crippen LogP contribution in [0.1, 0.15) is 33.3 Å². The van der Waals surface area contributed by atoms with Crippen molar-refractivity contribution in [1.29, 1.82) is 0 Å². The highest BCUT2D eigenvalue weighted by molar-refractivity contribution is 5.36. The fraction of sp³-hybridized carbons (Fsp3) is 0.368. The molecule has 0 unspecified atom stereocenters. The molecule has 0 aliphatic heterocycles. The molecule has 2 aromatic carbocycles. The molecule has 0 fully saturated rings. The van der Waals surface area contributed by atoms with E-state index in [1.165, 1.54) is 12.1 Å². The lowest BCUT2D eigenvalue weighted by atomic mass is 9.94. The normalized spacial score (nSPS) is 11.6. The fourth-order valence-electron chi connectivity index (χ4n) is 1.88. The van der Waals surface area contributed by atoms with E-state index in [9.17, 15) is 35.1 Å². The molecule has 0 N–H and O–H groups in total. The van der Waals surface area contributed by atoms with E-state index in [0.717, 1.165) is 24.3 Å². The van der Waals surface area contributed by atoms with Crippen LogP contribution >= 0.6 is 0 Å². The summed E-state index contributed by atoms with van der Waals surface area (Å²) in [5.41, 5.74) is -7.11. The van der Waals surface area contributed by atoms with Gasteiger partial charge < -0.3 is 4.74 Å². The second-order valence-corrected chi connectivity index (χ2v) is 4.73. The molecule has 0 heterocycles. The summed E-state index contributed by atoms with van der Waals surface area (Å²) in [6.07, 6.45) is -12.4. The van der Waals surface area contributed by atoms with Gasteiger partial charge in [-0.05, 0) is 36.4 Å². The molecule has 0 bridgehead atoms. The van der Waals surface area contributed by atoms with Crippen LogP contribution in [-0.2, 0) is 5.67 Å². The Balaban J connectivity index is 0.00000171. The SMILES string of the molecule is CC.CC.Fc1ccc(Oc2ccc(C(F)(C(F)(F)F)C(F)(F)F)cc2)cc1. The molecule has 28 heavy (non-hydrogen) atoms. The fourth-order valence-corrected chi connectivity index (χ4v) is 1.88. The maximum Gasteiger partial charge on any atom is 0.435 e. The topological polar surface area (TPSA) is 9.23 Å². The molecule has 0 saturated heterocycles. The van der Waals surface area contributed by atoms with Crippen LogP contribution in [0.4, 0.5) is 35.1 Å². The number of hydrogen-bond donors (Lipinski definition) is 0. The summed E-state index contributed by atoms with van der Waals surface area (Å²) in [5, 5.41) is 0. The van der Waals surface area contributed by atoms with Crippen molar-refractivity contribution in [3.8, 4) is 11.5 Å². The van der Waals surface area contributed by atoms with Gasteiger partial charge in [-0.3, -0.25) is 0 Å². The molecule has 0 radical (unpaired) electrons. The van der Waals surface area contributed by atoms with Gasteiger partial charge in [0.2, 0.25) is 0 Å². The van der Waals surface area contributed by atoms with E-state index in [1.54, 1.807) is 0 Å². The molecule has 0 aliphatic rings. The largest absolute Gasteiger partial charge is 0.457 e. The van der Waals surface area contributed by atoms with Crippen LogP contribution in [0.15, 0.2) is 48.5 Å². The number of hydrogen-bond acceptors (Lipinski definition) is 1. The summed E-state index contributed by atoms with van der Waals surface area (Å²) in [6.45, 7) is 8.00. The van der Waals surface area contributed by atoms with Crippen molar-refractivity contribution in [2.75, 3.05) is 0 Å². The van der Waals surface area contributed by atoms with Crippen LogP contribution in [0, 0.1) is 5.82 Å². The summed E-state index contributed by atoms with van der Waals surface area (Å²) in [5.74, 6) is -0.602.